The van der Waals surface area contributed by atoms with Gasteiger partial charge in [-0.25, -0.2) is 19.3 Å². The third kappa shape index (κ3) is 3.60. The van der Waals surface area contributed by atoms with Gasteiger partial charge in [-0.15, -0.1) is 0 Å². The van der Waals surface area contributed by atoms with Gasteiger partial charge >= 0.3 is 0 Å². The van der Waals surface area contributed by atoms with Gasteiger partial charge in [0.1, 0.15) is 11.6 Å². The number of aromatic nitrogens is 4. The molecule has 0 aliphatic rings. The Morgan fingerprint density at radius 2 is 1.72 bits per heavy atom. The number of aromatic amines is 1. The number of benzene rings is 1. The van der Waals surface area contributed by atoms with Crippen molar-refractivity contribution in [3.8, 4) is 45.5 Å². The quantitative estimate of drug-likeness (QED) is 0.535. The minimum absolute atomic E-state index is 0.290. The van der Waals surface area contributed by atoms with E-state index in [1.54, 1.807) is 43.8 Å². The second-order valence-electron chi connectivity index (χ2n) is 6.21. The van der Waals surface area contributed by atoms with Crippen LogP contribution in [0.4, 0.5) is 10.2 Å². The monoisotopic (exact) mass is 391 g/mol. The van der Waals surface area contributed by atoms with Crippen molar-refractivity contribution in [2.75, 3.05) is 20.0 Å². The summed E-state index contributed by atoms with van der Waals surface area (Å²) in [5.41, 5.74) is 9.51. The van der Waals surface area contributed by atoms with Crippen LogP contribution in [0.15, 0.2) is 54.9 Å². The Bertz CT molecular complexity index is 1160. The smallest absolute Gasteiger partial charge is 0.213 e. The number of rotatable bonds is 5. The molecule has 7 nitrogen and oxygen atoms in total. The molecule has 0 spiro atoms. The van der Waals surface area contributed by atoms with Gasteiger partial charge < -0.3 is 20.2 Å². The van der Waals surface area contributed by atoms with Crippen LogP contribution >= 0.6 is 0 Å². The molecule has 0 atom stereocenters. The Kier molecular flexibility index (Phi) is 4.82. The molecule has 0 bridgehead atoms. The lowest BCUT2D eigenvalue weighted by atomic mass is 10.1. The lowest BCUT2D eigenvalue weighted by Gasteiger charge is -2.07. The summed E-state index contributed by atoms with van der Waals surface area (Å²) in [6.07, 6.45) is 3.28. The molecule has 0 aliphatic heterocycles. The number of ether oxygens (including phenoxy) is 2. The number of methoxy groups -OCH3 is 2. The number of hydrogen-bond donors (Lipinski definition) is 2. The maximum Gasteiger partial charge on any atom is 0.213 e. The van der Waals surface area contributed by atoms with Crippen LogP contribution in [0.2, 0.25) is 0 Å². The zero-order valence-electron chi connectivity index (χ0n) is 15.8. The topological polar surface area (TPSA) is 98.9 Å². The summed E-state index contributed by atoms with van der Waals surface area (Å²) in [4.78, 5) is 16.4. The molecule has 0 unspecified atom stereocenters. The zero-order chi connectivity index (χ0) is 20.4. The van der Waals surface area contributed by atoms with Gasteiger partial charge in [-0.3, -0.25) is 0 Å². The summed E-state index contributed by atoms with van der Waals surface area (Å²) in [6.45, 7) is 0. The number of hydrogen-bond acceptors (Lipinski definition) is 6. The number of anilines is 1. The van der Waals surface area contributed by atoms with Crippen molar-refractivity contribution in [1.29, 1.82) is 0 Å². The molecule has 3 N–H and O–H groups in total. The van der Waals surface area contributed by atoms with Crippen molar-refractivity contribution in [2.24, 2.45) is 0 Å². The van der Waals surface area contributed by atoms with Gasteiger partial charge in [0.15, 0.2) is 11.6 Å². The Morgan fingerprint density at radius 1 is 0.931 bits per heavy atom. The number of halogens is 1. The van der Waals surface area contributed by atoms with Gasteiger partial charge in [-0.1, -0.05) is 0 Å². The third-order valence-corrected chi connectivity index (χ3v) is 4.43. The van der Waals surface area contributed by atoms with Gasteiger partial charge in [0.2, 0.25) is 5.88 Å². The maximum absolute atomic E-state index is 13.3. The van der Waals surface area contributed by atoms with Crippen LogP contribution in [-0.2, 0) is 0 Å². The van der Waals surface area contributed by atoms with Crippen molar-refractivity contribution >= 4 is 5.82 Å². The van der Waals surface area contributed by atoms with Gasteiger partial charge in [-0.2, -0.15) is 0 Å². The highest BCUT2D eigenvalue weighted by molar-refractivity contribution is 5.82. The van der Waals surface area contributed by atoms with Crippen LogP contribution in [0.5, 0.6) is 11.6 Å². The lowest BCUT2D eigenvalue weighted by Crippen LogP contribution is -1.96. The molecule has 0 aliphatic carbocycles. The number of H-pyrrole nitrogens is 1. The molecule has 0 radical (unpaired) electrons. The predicted octanol–water partition coefficient (Wildman–Crippen LogP) is 3.94. The zero-order valence-corrected chi connectivity index (χ0v) is 15.8. The van der Waals surface area contributed by atoms with E-state index in [-0.39, 0.29) is 11.6 Å². The second kappa shape index (κ2) is 7.59. The molecular weight excluding hydrogens is 373 g/mol. The standard InChI is InChI=1S/C21H18FN5O2/c1-28-16-9-14(11-25-20(16)23)19-18(13-7-8-24-17(10-13)29-2)26-21(27-19)12-3-5-15(22)6-4-12/h3-11H,1-2H3,(H2,23,25)(H,26,27). The molecule has 0 amide bonds. The van der Waals surface area contributed by atoms with E-state index in [0.717, 1.165) is 16.8 Å². The summed E-state index contributed by atoms with van der Waals surface area (Å²) >= 11 is 0. The minimum Gasteiger partial charge on any atom is -0.493 e. The van der Waals surface area contributed by atoms with E-state index in [0.29, 0.717) is 28.7 Å². The minimum atomic E-state index is -0.313. The number of imidazole rings is 1. The first kappa shape index (κ1) is 18.4. The fraction of sp³-hybridized carbons (Fsp3) is 0.0952. The Balaban J connectivity index is 1.91. The molecular formula is C21H18FN5O2. The van der Waals surface area contributed by atoms with E-state index in [9.17, 15) is 4.39 Å². The Hall–Kier alpha value is -3.94. The van der Waals surface area contributed by atoms with Gasteiger partial charge in [0.05, 0.1) is 25.6 Å². The average molecular weight is 391 g/mol. The first-order valence-corrected chi connectivity index (χ1v) is 8.75. The van der Waals surface area contributed by atoms with Crippen molar-refractivity contribution in [1.82, 2.24) is 19.9 Å². The molecule has 4 rings (SSSR count). The van der Waals surface area contributed by atoms with E-state index < -0.39 is 0 Å². The molecule has 3 heterocycles. The van der Waals surface area contributed by atoms with Crippen molar-refractivity contribution in [2.45, 2.75) is 0 Å². The normalized spacial score (nSPS) is 10.7. The predicted molar refractivity (Wildman–Crippen MR) is 108 cm³/mol. The van der Waals surface area contributed by atoms with Crippen LogP contribution in [0.25, 0.3) is 33.9 Å². The molecule has 0 saturated carbocycles. The van der Waals surface area contributed by atoms with E-state index in [4.69, 9.17) is 20.2 Å². The second-order valence-corrected chi connectivity index (χ2v) is 6.21. The van der Waals surface area contributed by atoms with E-state index in [2.05, 4.69) is 15.0 Å². The first-order chi connectivity index (χ1) is 14.1. The summed E-state index contributed by atoms with van der Waals surface area (Å²) in [5.74, 6) is 1.48. The average Bonchev–Trinajstić information content (AvgIpc) is 3.20. The largest absolute Gasteiger partial charge is 0.493 e. The fourth-order valence-corrected chi connectivity index (χ4v) is 2.96. The molecule has 4 aromatic rings. The summed E-state index contributed by atoms with van der Waals surface area (Å²) in [7, 11) is 3.08. The van der Waals surface area contributed by atoms with Crippen LogP contribution in [0, 0.1) is 5.82 Å². The number of nitrogens with zero attached hydrogens (tertiary/aromatic N) is 3. The van der Waals surface area contributed by atoms with Crippen LogP contribution in [0.3, 0.4) is 0 Å². The van der Waals surface area contributed by atoms with E-state index in [1.807, 2.05) is 6.07 Å². The van der Waals surface area contributed by atoms with Gasteiger partial charge in [0.25, 0.3) is 0 Å². The van der Waals surface area contributed by atoms with Crippen LogP contribution < -0.4 is 15.2 Å². The molecule has 1 aromatic carbocycles. The maximum atomic E-state index is 13.3. The number of pyridine rings is 2. The molecule has 0 fully saturated rings. The molecule has 0 saturated heterocycles. The Morgan fingerprint density at radius 3 is 2.45 bits per heavy atom. The summed E-state index contributed by atoms with van der Waals surface area (Å²) < 4.78 is 23.9. The molecule has 8 heteroatoms. The molecule has 146 valence electrons. The van der Waals surface area contributed by atoms with Gasteiger partial charge in [0, 0.05) is 35.2 Å². The van der Waals surface area contributed by atoms with Crippen LogP contribution in [0.1, 0.15) is 0 Å². The van der Waals surface area contributed by atoms with Gasteiger partial charge in [-0.05, 0) is 36.4 Å². The number of nitrogens with two attached hydrogens (primary N) is 1. The van der Waals surface area contributed by atoms with E-state index in [1.165, 1.54) is 19.2 Å². The highest BCUT2D eigenvalue weighted by Crippen LogP contribution is 2.35. The van der Waals surface area contributed by atoms with Crippen molar-refractivity contribution < 1.29 is 13.9 Å². The molecule has 29 heavy (non-hydrogen) atoms. The Labute approximate surface area is 166 Å². The SMILES string of the molecule is COc1cc(-c2[nH]c(-c3ccc(F)cc3)nc2-c2cnc(N)c(OC)c2)ccn1. The summed E-state index contributed by atoms with van der Waals surface area (Å²) in [6, 6.07) is 11.5. The third-order valence-electron chi connectivity index (χ3n) is 4.43. The highest BCUT2D eigenvalue weighted by Gasteiger charge is 2.18. The summed E-state index contributed by atoms with van der Waals surface area (Å²) in [5, 5.41) is 0. The number of nitrogens with one attached hydrogen (secondary N) is 1. The molecule has 3 aromatic heterocycles. The highest BCUT2D eigenvalue weighted by atomic mass is 19.1. The fourth-order valence-electron chi connectivity index (χ4n) is 2.96. The van der Waals surface area contributed by atoms with E-state index >= 15 is 0 Å². The van der Waals surface area contributed by atoms with Crippen LogP contribution in [-0.4, -0.2) is 34.2 Å². The lowest BCUT2D eigenvalue weighted by molar-refractivity contribution is 0.398. The first-order valence-electron chi connectivity index (χ1n) is 8.75. The number of nitrogen functional groups attached to an aromatic ring is 1. The van der Waals surface area contributed by atoms with Crippen molar-refractivity contribution in [3.05, 3.63) is 60.7 Å². The van der Waals surface area contributed by atoms with Crippen molar-refractivity contribution in [3.63, 3.8) is 0 Å².